The summed E-state index contributed by atoms with van der Waals surface area (Å²) in [5, 5.41) is 2.99. The molecule has 0 fully saturated rings. The largest absolute Gasteiger partial charge is 0.484 e. The molecule has 0 unspecified atom stereocenters. The van der Waals surface area contributed by atoms with Gasteiger partial charge in [-0.15, -0.1) is 0 Å². The predicted octanol–water partition coefficient (Wildman–Crippen LogP) is 5.62. The summed E-state index contributed by atoms with van der Waals surface area (Å²) in [5.41, 5.74) is 4.67. The highest BCUT2D eigenvalue weighted by atomic mass is 79.9. The van der Waals surface area contributed by atoms with Gasteiger partial charge in [-0.05, 0) is 60.6 Å². The lowest BCUT2D eigenvalue weighted by Gasteiger charge is -2.21. The Morgan fingerprint density at radius 1 is 1.12 bits per heavy atom. The van der Waals surface area contributed by atoms with Crippen molar-refractivity contribution in [3.63, 3.8) is 0 Å². The molecular formula is C22H28BrNO2. The Balaban J connectivity index is 1.93. The number of aryl methyl sites for hydroxylation is 2. The van der Waals surface area contributed by atoms with E-state index in [1.807, 2.05) is 32.9 Å². The number of ether oxygens (including phenoxy) is 1. The zero-order chi connectivity index (χ0) is 19.5. The SMILES string of the molecule is Cc1cc(OCC(=O)N[C@@H](C)c2ccc(C(C)(C)C)cc2)cc(C)c1Br. The molecule has 1 atom stereocenters. The molecule has 0 saturated carbocycles. The standard InChI is InChI=1S/C22H28BrNO2/c1-14-11-19(12-15(2)21(14)23)26-13-20(25)24-16(3)17-7-9-18(10-8-17)22(4,5)6/h7-12,16H,13H2,1-6H3,(H,24,25)/t16-/m0/s1. The minimum atomic E-state index is -0.129. The van der Waals surface area contributed by atoms with Crippen molar-refractivity contribution in [2.45, 2.75) is 53.0 Å². The van der Waals surface area contributed by atoms with Crippen LogP contribution in [-0.4, -0.2) is 12.5 Å². The molecule has 0 heterocycles. The zero-order valence-corrected chi connectivity index (χ0v) is 18.0. The lowest BCUT2D eigenvalue weighted by Crippen LogP contribution is -2.31. The molecule has 0 aromatic heterocycles. The van der Waals surface area contributed by atoms with Gasteiger partial charge in [0.2, 0.25) is 0 Å². The van der Waals surface area contributed by atoms with Crippen LogP contribution >= 0.6 is 15.9 Å². The third-order valence-corrected chi connectivity index (χ3v) is 5.68. The maximum absolute atomic E-state index is 12.2. The summed E-state index contributed by atoms with van der Waals surface area (Å²) in [6.45, 7) is 12.6. The fourth-order valence-corrected chi connectivity index (χ4v) is 3.01. The van der Waals surface area contributed by atoms with Gasteiger partial charge in [0, 0.05) is 4.47 Å². The number of amides is 1. The molecule has 2 rings (SSSR count). The van der Waals surface area contributed by atoms with Crippen molar-refractivity contribution in [3.8, 4) is 5.75 Å². The summed E-state index contributed by atoms with van der Waals surface area (Å²) in [6, 6.07) is 12.2. The van der Waals surface area contributed by atoms with Crippen molar-refractivity contribution < 1.29 is 9.53 Å². The van der Waals surface area contributed by atoms with Crippen LogP contribution in [0.3, 0.4) is 0 Å². The first kappa shape index (κ1) is 20.5. The first-order chi connectivity index (χ1) is 12.1. The summed E-state index contributed by atoms with van der Waals surface area (Å²) in [5.74, 6) is 0.580. The molecule has 0 saturated heterocycles. The molecular weight excluding hydrogens is 390 g/mol. The van der Waals surface area contributed by atoms with E-state index < -0.39 is 0 Å². The van der Waals surface area contributed by atoms with Gasteiger partial charge >= 0.3 is 0 Å². The summed E-state index contributed by atoms with van der Waals surface area (Å²) in [4.78, 5) is 12.2. The Hall–Kier alpha value is -1.81. The average molecular weight is 418 g/mol. The number of halogens is 1. The van der Waals surface area contributed by atoms with E-state index in [0.29, 0.717) is 5.75 Å². The Morgan fingerprint density at radius 2 is 1.65 bits per heavy atom. The zero-order valence-electron chi connectivity index (χ0n) is 16.4. The lowest BCUT2D eigenvalue weighted by molar-refractivity contribution is -0.123. The van der Waals surface area contributed by atoms with Gasteiger partial charge in [-0.25, -0.2) is 0 Å². The van der Waals surface area contributed by atoms with E-state index in [1.165, 1.54) is 5.56 Å². The van der Waals surface area contributed by atoms with Crippen LogP contribution in [0.25, 0.3) is 0 Å². The van der Waals surface area contributed by atoms with Gasteiger partial charge in [0.25, 0.3) is 5.91 Å². The average Bonchev–Trinajstić information content (AvgIpc) is 2.57. The van der Waals surface area contributed by atoms with Crippen molar-refractivity contribution in [2.24, 2.45) is 0 Å². The normalized spacial score (nSPS) is 12.6. The van der Waals surface area contributed by atoms with Crippen LogP contribution in [0.15, 0.2) is 40.9 Å². The molecule has 0 aliphatic heterocycles. The summed E-state index contributed by atoms with van der Waals surface area (Å²) in [6.07, 6.45) is 0. The molecule has 2 aromatic rings. The first-order valence-corrected chi connectivity index (χ1v) is 9.66. The number of rotatable bonds is 5. The van der Waals surface area contributed by atoms with E-state index in [2.05, 4.69) is 66.3 Å². The molecule has 1 N–H and O–H groups in total. The first-order valence-electron chi connectivity index (χ1n) is 8.87. The van der Waals surface area contributed by atoms with E-state index in [0.717, 1.165) is 21.2 Å². The highest BCUT2D eigenvalue weighted by molar-refractivity contribution is 9.10. The Kier molecular flexibility index (Phi) is 6.51. The van der Waals surface area contributed by atoms with Gasteiger partial charge in [0.05, 0.1) is 6.04 Å². The van der Waals surface area contributed by atoms with Crippen molar-refractivity contribution >= 4 is 21.8 Å². The number of carbonyl (C=O) groups is 1. The van der Waals surface area contributed by atoms with E-state index in [1.54, 1.807) is 0 Å². The van der Waals surface area contributed by atoms with Crippen LogP contribution in [0.5, 0.6) is 5.75 Å². The van der Waals surface area contributed by atoms with Crippen LogP contribution < -0.4 is 10.1 Å². The smallest absolute Gasteiger partial charge is 0.258 e. The molecule has 0 aliphatic carbocycles. The fraction of sp³-hybridized carbons (Fsp3) is 0.409. The van der Waals surface area contributed by atoms with Gasteiger partial charge in [0.1, 0.15) is 5.75 Å². The number of hydrogen-bond donors (Lipinski definition) is 1. The molecule has 0 aliphatic rings. The molecule has 0 spiro atoms. The number of benzene rings is 2. The van der Waals surface area contributed by atoms with Crippen molar-refractivity contribution in [2.75, 3.05) is 6.61 Å². The van der Waals surface area contributed by atoms with Gasteiger partial charge < -0.3 is 10.1 Å². The highest BCUT2D eigenvalue weighted by Crippen LogP contribution is 2.26. The van der Waals surface area contributed by atoms with Gasteiger partial charge in [-0.3, -0.25) is 4.79 Å². The molecule has 0 bridgehead atoms. The Bertz CT molecular complexity index is 753. The third-order valence-electron chi connectivity index (χ3n) is 4.43. The van der Waals surface area contributed by atoms with Crippen LogP contribution in [0.1, 0.15) is 56.0 Å². The van der Waals surface area contributed by atoms with Crippen molar-refractivity contribution in [3.05, 3.63) is 63.1 Å². The molecule has 26 heavy (non-hydrogen) atoms. The van der Waals surface area contributed by atoms with Crippen LogP contribution in [0, 0.1) is 13.8 Å². The monoisotopic (exact) mass is 417 g/mol. The maximum atomic E-state index is 12.2. The van der Waals surface area contributed by atoms with E-state index in [4.69, 9.17) is 4.74 Å². The van der Waals surface area contributed by atoms with Crippen LogP contribution in [0.4, 0.5) is 0 Å². The number of carbonyl (C=O) groups excluding carboxylic acids is 1. The fourth-order valence-electron chi connectivity index (χ4n) is 2.78. The molecule has 1 amide bonds. The minimum Gasteiger partial charge on any atom is -0.484 e. The molecule has 0 radical (unpaired) electrons. The quantitative estimate of drug-likeness (QED) is 0.685. The molecule has 4 heteroatoms. The Labute approximate surface area is 165 Å². The van der Waals surface area contributed by atoms with E-state index >= 15 is 0 Å². The van der Waals surface area contributed by atoms with Crippen LogP contribution in [-0.2, 0) is 10.2 Å². The summed E-state index contributed by atoms with van der Waals surface area (Å²) >= 11 is 3.53. The second-order valence-electron chi connectivity index (χ2n) is 7.82. The van der Waals surface area contributed by atoms with E-state index in [-0.39, 0.29) is 24.0 Å². The van der Waals surface area contributed by atoms with E-state index in [9.17, 15) is 4.79 Å². The Morgan fingerprint density at radius 3 is 2.15 bits per heavy atom. The molecule has 2 aromatic carbocycles. The maximum Gasteiger partial charge on any atom is 0.258 e. The second-order valence-corrected chi connectivity index (χ2v) is 8.61. The highest BCUT2D eigenvalue weighted by Gasteiger charge is 2.15. The topological polar surface area (TPSA) is 38.3 Å². The summed E-state index contributed by atoms with van der Waals surface area (Å²) < 4.78 is 6.72. The van der Waals surface area contributed by atoms with Crippen molar-refractivity contribution in [1.29, 1.82) is 0 Å². The third kappa shape index (κ3) is 5.34. The molecule has 3 nitrogen and oxygen atoms in total. The molecule has 140 valence electrons. The second kappa shape index (κ2) is 8.26. The number of nitrogens with one attached hydrogen (secondary N) is 1. The van der Waals surface area contributed by atoms with Crippen molar-refractivity contribution in [1.82, 2.24) is 5.32 Å². The van der Waals surface area contributed by atoms with Gasteiger partial charge in [0.15, 0.2) is 6.61 Å². The summed E-state index contributed by atoms with van der Waals surface area (Å²) in [7, 11) is 0. The lowest BCUT2D eigenvalue weighted by atomic mass is 9.86. The van der Waals surface area contributed by atoms with Gasteiger partial charge in [-0.2, -0.15) is 0 Å². The predicted molar refractivity (Wildman–Crippen MR) is 111 cm³/mol. The number of hydrogen-bond acceptors (Lipinski definition) is 2. The minimum absolute atomic E-state index is 0.00489. The van der Waals surface area contributed by atoms with Crippen LogP contribution in [0.2, 0.25) is 0 Å². The van der Waals surface area contributed by atoms with Gasteiger partial charge in [-0.1, -0.05) is 61.0 Å².